The molecule has 0 saturated carbocycles. The van der Waals surface area contributed by atoms with Crippen molar-refractivity contribution in [2.75, 3.05) is 30.9 Å². The van der Waals surface area contributed by atoms with Crippen LogP contribution in [-0.4, -0.2) is 36.1 Å². The van der Waals surface area contributed by atoms with Crippen LogP contribution in [0.25, 0.3) is 0 Å². The number of aromatic nitrogens is 1. The number of nitrogens with two attached hydrogens (primary N) is 1. The predicted molar refractivity (Wildman–Crippen MR) is 72.8 cm³/mol. The van der Waals surface area contributed by atoms with E-state index in [0.717, 1.165) is 19.0 Å². The molecule has 19 heavy (non-hydrogen) atoms. The summed E-state index contributed by atoms with van der Waals surface area (Å²) in [6.45, 7) is 5.65. The third-order valence-electron chi connectivity index (χ3n) is 2.93. The van der Waals surface area contributed by atoms with E-state index in [2.05, 4.69) is 34.5 Å². The summed E-state index contributed by atoms with van der Waals surface area (Å²) in [5.41, 5.74) is 2.09. The monoisotopic (exact) mass is 273 g/mol. The van der Waals surface area contributed by atoms with Gasteiger partial charge in [0.05, 0.1) is 0 Å². The molecule has 0 aromatic carbocycles. The third kappa shape index (κ3) is 4.60. The van der Waals surface area contributed by atoms with E-state index < -0.39 is 11.6 Å². The van der Waals surface area contributed by atoms with Crippen molar-refractivity contribution in [1.29, 1.82) is 0 Å². The minimum atomic E-state index is -0.815. The van der Waals surface area contributed by atoms with Crippen LogP contribution >= 0.6 is 0 Å². The molecule has 0 aliphatic carbocycles. The first-order valence-electron chi connectivity index (χ1n) is 6.22. The average Bonchev–Trinajstić information content (AvgIpc) is 2.36. The standard InChI is InChI=1S/C12H21F2N5/c1-8(2)19(3)6-4-5-16-11-9(13)7-10(14)12(17-11)18-15/h7-8H,4-6,15H2,1-3H3,(H2,16,17,18). The van der Waals surface area contributed by atoms with Crippen LogP contribution in [0.5, 0.6) is 0 Å². The molecular formula is C12H21F2N5. The molecule has 1 heterocycles. The molecule has 108 valence electrons. The first-order valence-corrected chi connectivity index (χ1v) is 6.22. The molecule has 5 nitrogen and oxygen atoms in total. The van der Waals surface area contributed by atoms with Gasteiger partial charge in [-0.15, -0.1) is 0 Å². The van der Waals surface area contributed by atoms with Gasteiger partial charge in [0.25, 0.3) is 0 Å². The molecule has 0 bridgehead atoms. The summed E-state index contributed by atoms with van der Waals surface area (Å²) in [5, 5.41) is 2.83. The van der Waals surface area contributed by atoms with Crippen LogP contribution < -0.4 is 16.6 Å². The Hall–Kier alpha value is -1.47. The quantitative estimate of drug-likeness (QED) is 0.401. The number of halogens is 2. The van der Waals surface area contributed by atoms with Gasteiger partial charge < -0.3 is 15.6 Å². The van der Waals surface area contributed by atoms with E-state index in [1.807, 2.05) is 7.05 Å². The Kier molecular flexibility index (Phi) is 5.91. The summed E-state index contributed by atoms with van der Waals surface area (Å²) in [5.74, 6) is 3.37. The van der Waals surface area contributed by atoms with Crippen molar-refractivity contribution >= 4 is 11.6 Å². The van der Waals surface area contributed by atoms with Crippen molar-refractivity contribution < 1.29 is 8.78 Å². The SMILES string of the molecule is CC(C)N(C)CCCNc1nc(NN)c(F)cc1F. The summed E-state index contributed by atoms with van der Waals surface area (Å²) in [6, 6.07) is 1.22. The van der Waals surface area contributed by atoms with Crippen LogP contribution in [0.3, 0.4) is 0 Å². The molecule has 0 fully saturated rings. The van der Waals surface area contributed by atoms with Crippen LogP contribution in [0.15, 0.2) is 6.07 Å². The van der Waals surface area contributed by atoms with Crippen molar-refractivity contribution in [3.8, 4) is 0 Å². The Morgan fingerprint density at radius 3 is 2.53 bits per heavy atom. The largest absolute Gasteiger partial charge is 0.368 e. The van der Waals surface area contributed by atoms with Crippen LogP contribution in [0, 0.1) is 11.6 Å². The molecule has 0 amide bonds. The maximum absolute atomic E-state index is 13.4. The Balaban J connectivity index is 2.49. The zero-order chi connectivity index (χ0) is 14.4. The number of nitrogens with one attached hydrogen (secondary N) is 2. The van der Waals surface area contributed by atoms with E-state index >= 15 is 0 Å². The average molecular weight is 273 g/mol. The van der Waals surface area contributed by atoms with E-state index in [0.29, 0.717) is 12.6 Å². The summed E-state index contributed by atoms with van der Waals surface area (Å²) in [6.07, 6.45) is 0.832. The maximum Gasteiger partial charge on any atom is 0.178 e. The molecule has 0 aliphatic heterocycles. The van der Waals surface area contributed by atoms with Gasteiger partial charge in [-0.25, -0.2) is 19.6 Å². The minimum Gasteiger partial charge on any atom is -0.368 e. The molecule has 0 aliphatic rings. The Bertz CT molecular complexity index is 411. The number of nitrogens with zero attached hydrogens (tertiary/aromatic N) is 2. The Morgan fingerprint density at radius 1 is 1.32 bits per heavy atom. The van der Waals surface area contributed by atoms with Gasteiger partial charge in [0, 0.05) is 18.7 Å². The second kappa shape index (κ2) is 7.20. The molecule has 0 unspecified atom stereocenters. The second-order valence-corrected chi connectivity index (χ2v) is 4.65. The number of hydrazine groups is 1. The van der Waals surface area contributed by atoms with Crippen molar-refractivity contribution in [3.05, 3.63) is 17.7 Å². The number of pyridine rings is 1. The van der Waals surface area contributed by atoms with E-state index in [1.54, 1.807) is 0 Å². The fourth-order valence-corrected chi connectivity index (χ4v) is 1.49. The smallest absolute Gasteiger partial charge is 0.178 e. The lowest BCUT2D eigenvalue weighted by molar-refractivity contribution is 0.273. The Labute approximate surface area is 112 Å². The molecule has 0 radical (unpaired) electrons. The molecule has 4 N–H and O–H groups in total. The van der Waals surface area contributed by atoms with E-state index in [9.17, 15) is 8.78 Å². The summed E-state index contributed by atoms with van der Waals surface area (Å²) < 4.78 is 26.6. The zero-order valence-electron chi connectivity index (χ0n) is 11.5. The molecule has 1 aromatic rings. The fourth-order valence-electron chi connectivity index (χ4n) is 1.49. The fraction of sp³-hybridized carbons (Fsp3) is 0.583. The number of nitrogen functional groups attached to an aromatic ring is 1. The first-order chi connectivity index (χ1) is 8.95. The topological polar surface area (TPSA) is 66.2 Å². The number of rotatable bonds is 7. The molecule has 0 spiro atoms. The summed E-state index contributed by atoms with van der Waals surface area (Å²) >= 11 is 0. The van der Waals surface area contributed by atoms with Gasteiger partial charge in [0.15, 0.2) is 23.3 Å². The lowest BCUT2D eigenvalue weighted by Crippen LogP contribution is -2.28. The van der Waals surface area contributed by atoms with Gasteiger partial charge in [-0.05, 0) is 33.9 Å². The summed E-state index contributed by atoms with van der Waals surface area (Å²) in [4.78, 5) is 5.91. The van der Waals surface area contributed by atoms with Gasteiger partial charge in [-0.3, -0.25) is 0 Å². The van der Waals surface area contributed by atoms with Crippen molar-refractivity contribution in [2.45, 2.75) is 26.3 Å². The highest BCUT2D eigenvalue weighted by Crippen LogP contribution is 2.18. The highest BCUT2D eigenvalue weighted by molar-refractivity contribution is 5.46. The van der Waals surface area contributed by atoms with Gasteiger partial charge in [0.1, 0.15) is 0 Å². The van der Waals surface area contributed by atoms with Gasteiger partial charge >= 0.3 is 0 Å². The molecule has 1 aromatic heterocycles. The second-order valence-electron chi connectivity index (χ2n) is 4.65. The molecular weight excluding hydrogens is 252 g/mol. The lowest BCUT2D eigenvalue weighted by Gasteiger charge is -2.20. The summed E-state index contributed by atoms with van der Waals surface area (Å²) in [7, 11) is 2.03. The van der Waals surface area contributed by atoms with Crippen molar-refractivity contribution in [1.82, 2.24) is 9.88 Å². The number of anilines is 2. The minimum absolute atomic E-state index is 0.00144. The highest BCUT2D eigenvalue weighted by atomic mass is 19.1. The van der Waals surface area contributed by atoms with Crippen LogP contribution in [0.4, 0.5) is 20.4 Å². The Morgan fingerprint density at radius 2 is 1.95 bits per heavy atom. The van der Waals surface area contributed by atoms with Crippen molar-refractivity contribution in [2.24, 2.45) is 5.84 Å². The zero-order valence-corrected chi connectivity index (χ0v) is 11.5. The molecule has 7 heteroatoms. The van der Waals surface area contributed by atoms with E-state index in [-0.39, 0.29) is 11.6 Å². The molecule has 0 atom stereocenters. The maximum atomic E-state index is 13.4. The van der Waals surface area contributed by atoms with Gasteiger partial charge in [-0.2, -0.15) is 0 Å². The van der Waals surface area contributed by atoms with Gasteiger partial charge in [0.2, 0.25) is 0 Å². The van der Waals surface area contributed by atoms with Crippen LogP contribution in [-0.2, 0) is 0 Å². The van der Waals surface area contributed by atoms with Gasteiger partial charge in [-0.1, -0.05) is 0 Å². The van der Waals surface area contributed by atoms with E-state index in [4.69, 9.17) is 5.84 Å². The van der Waals surface area contributed by atoms with Crippen LogP contribution in [0.2, 0.25) is 0 Å². The van der Waals surface area contributed by atoms with Crippen LogP contribution in [0.1, 0.15) is 20.3 Å². The lowest BCUT2D eigenvalue weighted by atomic mass is 10.3. The third-order valence-corrected chi connectivity index (χ3v) is 2.93. The number of hydrogen-bond acceptors (Lipinski definition) is 5. The highest BCUT2D eigenvalue weighted by Gasteiger charge is 2.10. The predicted octanol–water partition coefficient (Wildman–Crippen LogP) is 1.79. The molecule has 0 saturated heterocycles. The first kappa shape index (κ1) is 15.6. The van der Waals surface area contributed by atoms with E-state index in [1.165, 1.54) is 0 Å². The number of hydrogen-bond donors (Lipinski definition) is 3. The normalized spacial score (nSPS) is 11.2. The van der Waals surface area contributed by atoms with Crippen molar-refractivity contribution in [3.63, 3.8) is 0 Å². The molecule has 1 rings (SSSR count).